The van der Waals surface area contributed by atoms with E-state index in [0.717, 1.165) is 18.5 Å². The van der Waals surface area contributed by atoms with Crippen LogP contribution in [-0.2, 0) is 11.3 Å². The summed E-state index contributed by atoms with van der Waals surface area (Å²) in [6.45, 7) is 5.81. The summed E-state index contributed by atoms with van der Waals surface area (Å²) in [5, 5.41) is 9.12. The number of aromatic nitrogens is 2. The quantitative estimate of drug-likeness (QED) is 0.878. The van der Waals surface area contributed by atoms with Crippen LogP contribution >= 0.6 is 0 Å². The summed E-state index contributed by atoms with van der Waals surface area (Å²) >= 11 is 0. The Bertz CT molecular complexity index is 544. The first-order valence-corrected chi connectivity index (χ1v) is 6.22. The molecule has 0 radical (unpaired) electrons. The molecule has 1 N–H and O–H groups in total. The smallest absolute Gasteiger partial charge is 0.347 e. The van der Waals surface area contributed by atoms with E-state index in [1.54, 1.807) is 18.4 Å². The Morgan fingerprint density at radius 3 is 2.61 bits per heavy atom. The van der Waals surface area contributed by atoms with E-state index >= 15 is 0 Å². The minimum Gasteiger partial charge on any atom is -0.481 e. The van der Waals surface area contributed by atoms with Gasteiger partial charge in [-0.3, -0.25) is 9.36 Å². The monoisotopic (exact) mass is 250 g/mol. The lowest BCUT2D eigenvalue weighted by atomic mass is 9.98. The molecule has 98 valence electrons. The molecule has 0 saturated heterocycles. The van der Waals surface area contributed by atoms with E-state index in [9.17, 15) is 9.59 Å². The van der Waals surface area contributed by atoms with E-state index in [1.807, 2.05) is 6.92 Å². The summed E-state index contributed by atoms with van der Waals surface area (Å²) < 4.78 is 1.62. The van der Waals surface area contributed by atoms with Crippen molar-refractivity contribution in [3.05, 3.63) is 27.4 Å². The van der Waals surface area contributed by atoms with E-state index < -0.39 is 11.9 Å². The maximum absolute atomic E-state index is 11.9. The van der Waals surface area contributed by atoms with Gasteiger partial charge in [-0.1, -0.05) is 0 Å². The second kappa shape index (κ2) is 4.55. The molecule has 0 aliphatic heterocycles. The van der Waals surface area contributed by atoms with Gasteiger partial charge < -0.3 is 5.11 Å². The summed E-state index contributed by atoms with van der Waals surface area (Å²) in [6, 6.07) is 0. The van der Waals surface area contributed by atoms with E-state index in [2.05, 4.69) is 4.98 Å². The molecule has 0 spiro atoms. The Kier molecular flexibility index (Phi) is 3.24. The van der Waals surface area contributed by atoms with Crippen molar-refractivity contribution >= 4 is 5.97 Å². The largest absolute Gasteiger partial charge is 0.481 e. The standard InChI is InChI=1S/C13H18N2O3/c1-7(12(16)17)11-8(2)14-13(18)15(9(11)3)6-10-4-5-10/h7,10H,4-6H2,1-3H3,(H,16,17). The minimum absolute atomic E-state index is 0.266. The van der Waals surface area contributed by atoms with Gasteiger partial charge in [0.2, 0.25) is 0 Å². The van der Waals surface area contributed by atoms with Gasteiger partial charge in [0.25, 0.3) is 0 Å². The molecule has 1 heterocycles. The van der Waals surface area contributed by atoms with Gasteiger partial charge in [0.15, 0.2) is 0 Å². The molecule has 1 saturated carbocycles. The number of rotatable bonds is 4. The van der Waals surface area contributed by atoms with Crippen molar-refractivity contribution in [1.29, 1.82) is 0 Å². The maximum Gasteiger partial charge on any atom is 0.347 e. The van der Waals surface area contributed by atoms with Gasteiger partial charge in [0, 0.05) is 23.5 Å². The molecular weight excluding hydrogens is 232 g/mol. The zero-order chi connectivity index (χ0) is 13.4. The molecule has 2 rings (SSSR count). The van der Waals surface area contributed by atoms with Crippen molar-refractivity contribution in [3.63, 3.8) is 0 Å². The number of nitrogens with zero attached hydrogens (tertiary/aromatic N) is 2. The molecule has 1 unspecified atom stereocenters. The summed E-state index contributed by atoms with van der Waals surface area (Å²) in [5.41, 5.74) is 1.68. The predicted molar refractivity (Wildman–Crippen MR) is 66.7 cm³/mol. The lowest BCUT2D eigenvalue weighted by molar-refractivity contribution is -0.138. The van der Waals surface area contributed by atoms with Crippen LogP contribution in [0.15, 0.2) is 4.79 Å². The van der Waals surface area contributed by atoms with Crippen molar-refractivity contribution in [3.8, 4) is 0 Å². The SMILES string of the molecule is Cc1nc(=O)n(CC2CC2)c(C)c1C(C)C(=O)O. The van der Waals surface area contributed by atoms with E-state index in [4.69, 9.17) is 5.11 Å². The average molecular weight is 250 g/mol. The Hall–Kier alpha value is -1.65. The van der Waals surface area contributed by atoms with Crippen molar-refractivity contribution in [1.82, 2.24) is 9.55 Å². The second-order valence-electron chi connectivity index (χ2n) is 5.09. The summed E-state index contributed by atoms with van der Waals surface area (Å²) in [4.78, 5) is 27.0. The minimum atomic E-state index is -0.889. The fraction of sp³-hybridized carbons (Fsp3) is 0.615. The summed E-state index contributed by atoms with van der Waals surface area (Å²) in [5.74, 6) is -0.970. The highest BCUT2D eigenvalue weighted by Gasteiger charge is 2.26. The van der Waals surface area contributed by atoms with Gasteiger partial charge in [0.1, 0.15) is 0 Å². The molecule has 0 aromatic carbocycles. The van der Waals surface area contributed by atoms with Crippen LogP contribution in [0.2, 0.25) is 0 Å². The van der Waals surface area contributed by atoms with E-state index in [0.29, 0.717) is 23.7 Å². The molecule has 1 fully saturated rings. The van der Waals surface area contributed by atoms with Crippen LogP contribution in [0.25, 0.3) is 0 Å². The molecule has 1 aliphatic carbocycles. The lowest BCUT2D eigenvalue weighted by Crippen LogP contribution is -2.30. The lowest BCUT2D eigenvalue weighted by Gasteiger charge is -2.17. The number of carboxylic acids is 1. The van der Waals surface area contributed by atoms with E-state index in [1.165, 1.54) is 0 Å². The Morgan fingerprint density at radius 1 is 1.50 bits per heavy atom. The molecule has 5 heteroatoms. The van der Waals surface area contributed by atoms with Crippen molar-refractivity contribution in [2.45, 2.75) is 46.1 Å². The number of carbonyl (C=O) groups is 1. The van der Waals surface area contributed by atoms with Gasteiger partial charge in [-0.15, -0.1) is 0 Å². The first kappa shape index (κ1) is 12.8. The number of carboxylic acid groups (broad SMARTS) is 1. The fourth-order valence-corrected chi connectivity index (χ4v) is 2.34. The van der Waals surface area contributed by atoms with Crippen LogP contribution in [0, 0.1) is 19.8 Å². The Morgan fingerprint density at radius 2 is 2.11 bits per heavy atom. The van der Waals surface area contributed by atoms with Crippen LogP contribution in [0.4, 0.5) is 0 Å². The van der Waals surface area contributed by atoms with Crippen LogP contribution in [-0.4, -0.2) is 20.6 Å². The van der Waals surface area contributed by atoms with Gasteiger partial charge in [-0.2, -0.15) is 4.98 Å². The maximum atomic E-state index is 11.9. The predicted octanol–water partition coefficient (Wildman–Crippen LogP) is 1.46. The van der Waals surface area contributed by atoms with Crippen molar-refractivity contribution in [2.24, 2.45) is 5.92 Å². The van der Waals surface area contributed by atoms with Gasteiger partial charge in [-0.05, 0) is 39.5 Å². The molecular formula is C13H18N2O3. The molecule has 1 atom stereocenters. The molecule has 18 heavy (non-hydrogen) atoms. The number of hydrogen-bond acceptors (Lipinski definition) is 3. The molecule has 0 amide bonds. The molecule has 1 aliphatic rings. The van der Waals surface area contributed by atoms with E-state index in [-0.39, 0.29) is 5.69 Å². The normalized spacial score (nSPS) is 16.6. The number of aryl methyl sites for hydroxylation is 1. The number of aliphatic carboxylic acids is 1. The van der Waals surface area contributed by atoms with Gasteiger partial charge in [-0.25, -0.2) is 4.79 Å². The third kappa shape index (κ3) is 2.30. The first-order valence-electron chi connectivity index (χ1n) is 6.22. The third-order valence-corrected chi connectivity index (χ3v) is 3.62. The van der Waals surface area contributed by atoms with Crippen LogP contribution in [0.5, 0.6) is 0 Å². The highest BCUT2D eigenvalue weighted by molar-refractivity contribution is 5.76. The summed E-state index contributed by atoms with van der Waals surface area (Å²) in [7, 11) is 0. The zero-order valence-corrected chi connectivity index (χ0v) is 10.9. The highest BCUT2D eigenvalue weighted by Crippen LogP contribution is 2.31. The highest BCUT2D eigenvalue weighted by atomic mass is 16.4. The molecule has 1 aromatic rings. The third-order valence-electron chi connectivity index (χ3n) is 3.62. The Balaban J connectivity index is 2.51. The van der Waals surface area contributed by atoms with Crippen molar-refractivity contribution in [2.75, 3.05) is 0 Å². The fourth-order valence-electron chi connectivity index (χ4n) is 2.34. The molecule has 0 bridgehead atoms. The average Bonchev–Trinajstić information content (AvgIpc) is 3.07. The summed E-state index contributed by atoms with van der Waals surface area (Å²) in [6.07, 6.45) is 2.28. The topological polar surface area (TPSA) is 72.2 Å². The zero-order valence-electron chi connectivity index (χ0n) is 10.9. The Labute approximate surface area is 105 Å². The van der Waals surface area contributed by atoms with Crippen LogP contribution in [0.1, 0.15) is 42.6 Å². The second-order valence-corrected chi connectivity index (χ2v) is 5.09. The molecule has 5 nitrogen and oxygen atoms in total. The number of hydrogen-bond donors (Lipinski definition) is 1. The van der Waals surface area contributed by atoms with Gasteiger partial charge in [0.05, 0.1) is 5.92 Å². The first-order chi connectivity index (χ1) is 8.41. The van der Waals surface area contributed by atoms with Gasteiger partial charge >= 0.3 is 11.7 Å². The van der Waals surface area contributed by atoms with Crippen LogP contribution in [0.3, 0.4) is 0 Å². The van der Waals surface area contributed by atoms with Crippen LogP contribution < -0.4 is 5.69 Å². The van der Waals surface area contributed by atoms with Crippen molar-refractivity contribution < 1.29 is 9.90 Å². The molecule has 1 aromatic heterocycles.